The SMILES string of the molecule is CC(C)Sc1cc(Cl)ccc1CN. The number of halogens is 1. The molecule has 3 heteroatoms. The highest BCUT2D eigenvalue weighted by molar-refractivity contribution is 8.00. The van der Waals surface area contributed by atoms with Gasteiger partial charge in [-0.2, -0.15) is 0 Å². The fourth-order valence-electron chi connectivity index (χ4n) is 1.06. The molecule has 72 valence electrons. The number of thioether (sulfide) groups is 1. The van der Waals surface area contributed by atoms with E-state index in [-0.39, 0.29) is 0 Å². The summed E-state index contributed by atoms with van der Waals surface area (Å²) in [5.74, 6) is 0. The molecule has 0 aliphatic carbocycles. The van der Waals surface area contributed by atoms with Crippen LogP contribution in [-0.4, -0.2) is 5.25 Å². The van der Waals surface area contributed by atoms with Gasteiger partial charge in [0.15, 0.2) is 0 Å². The van der Waals surface area contributed by atoms with E-state index in [0.29, 0.717) is 11.8 Å². The molecular weight excluding hydrogens is 202 g/mol. The first kappa shape index (κ1) is 10.9. The predicted molar refractivity (Wildman–Crippen MR) is 60.3 cm³/mol. The van der Waals surface area contributed by atoms with Crippen molar-refractivity contribution in [2.75, 3.05) is 0 Å². The number of benzene rings is 1. The summed E-state index contributed by atoms with van der Waals surface area (Å²) in [5, 5.41) is 1.34. The van der Waals surface area contributed by atoms with Gasteiger partial charge in [-0.05, 0) is 17.7 Å². The molecule has 0 aromatic heterocycles. The standard InChI is InChI=1S/C10H14ClNS/c1-7(2)13-10-5-9(11)4-3-8(10)6-12/h3-5,7H,6,12H2,1-2H3. The van der Waals surface area contributed by atoms with Crippen LogP contribution < -0.4 is 5.73 Å². The molecule has 1 nitrogen and oxygen atoms in total. The van der Waals surface area contributed by atoms with E-state index < -0.39 is 0 Å². The Morgan fingerprint density at radius 2 is 2.15 bits per heavy atom. The quantitative estimate of drug-likeness (QED) is 0.784. The van der Waals surface area contributed by atoms with Gasteiger partial charge in [-0.1, -0.05) is 31.5 Å². The highest BCUT2D eigenvalue weighted by Gasteiger charge is 2.04. The molecule has 0 aliphatic rings. The summed E-state index contributed by atoms with van der Waals surface area (Å²) in [4.78, 5) is 1.20. The molecule has 0 spiro atoms. The second kappa shape index (κ2) is 4.89. The molecule has 0 amide bonds. The largest absolute Gasteiger partial charge is 0.326 e. The maximum atomic E-state index is 5.90. The molecule has 0 radical (unpaired) electrons. The summed E-state index contributed by atoms with van der Waals surface area (Å²) in [7, 11) is 0. The molecule has 1 aromatic rings. The second-order valence-electron chi connectivity index (χ2n) is 3.12. The average molecular weight is 216 g/mol. The number of rotatable bonds is 3. The Hall–Kier alpha value is -0.180. The first-order chi connectivity index (χ1) is 6.13. The van der Waals surface area contributed by atoms with Crippen molar-refractivity contribution in [2.24, 2.45) is 5.73 Å². The van der Waals surface area contributed by atoms with E-state index in [4.69, 9.17) is 17.3 Å². The van der Waals surface area contributed by atoms with Crippen LogP contribution in [0.2, 0.25) is 5.02 Å². The van der Waals surface area contributed by atoms with Gasteiger partial charge in [0.05, 0.1) is 0 Å². The highest BCUT2D eigenvalue weighted by atomic mass is 35.5. The Balaban J connectivity index is 2.94. The zero-order valence-electron chi connectivity index (χ0n) is 7.88. The fraction of sp³-hybridized carbons (Fsp3) is 0.400. The van der Waals surface area contributed by atoms with Crippen LogP contribution in [0.5, 0.6) is 0 Å². The van der Waals surface area contributed by atoms with Crippen LogP contribution in [0, 0.1) is 0 Å². The average Bonchev–Trinajstić information content (AvgIpc) is 2.03. The zero-order chi connectivity index (χ0) is 9.84. The van der Waals surface area contributed by atoms with Crippen LogP contribution >= 0.6 is 23.4 Å². The predicted octanol–water partition coefficient (Wildman–Crippen LogP) is 3.30. The van der Waals surface area contributed by atoms with Crippen LogP contribution in [0.15, 0.2) is 23.1 Å². The molecule has 0 atom stereocenters. The van der Waals surface area contributed by atoms with Crippen molar-refractivity contribution in [2.45, 2.75) is 30.5 Å². The van der Waals surface area contributed by atoms with E-state index in [1.807, 2.05) is 18.2 Å². The summed E-state index contributed by atoms with van der Waals surface area (Å²) in [6, 6.07) is 5.86. The fourth-order valence-corrected chi connectivity index (χ4v) is 2.30. The van der Waals surface area contributed by atoms with E-state index in [2.05, 4.69) is 13.8 Å². The molecule has 1 aromatic carbocycles. The number of nitrogens with two attached hydrogens (primary N) is 1. The summed E-state index contributed by atoms with van der Waals surface area (Å²) < 4.78 is 0. The lowest BCUT2D eigenvalue weighted by molar-refractivity contribution is 1.02. The molecule has 0 bridgehead atoms. The molecule has 1 rings (SSSR count). The smallest absolute Gasteiger partial charge is 0.0417 e. The molecule has 0 aliphatic heterocycles. The molecule has 0 heterocycles. The Kier molecular flexibility index (Phi) is 4.10. The van der Waals surface area contributed by atoms with Gasteiger partial charge in [0.1, 0.15) is 0 Å². The van der Waals surface area contributed by atoms with Crippen molar-refractivity contribution in [3.05, 3.63) is 28.8 Å². The monoisotopic (exact) mass is 215 g/mol. The van der Waals surface area contributed by atoms with E-state index in [1.165, 1.54) is 10.5 Å². The van der Waals surface area contributed by atoms with Crippen LogP contribution in [0.25, 0.3) is 0 Å². The lowest BCUT2D eigenvalue weighted by Crippen LogP contribution is -1.99. The number of hydrogen-bond donors (Lipinski definition) is 1. The van der Waals surface area contributed by atoms with Crippen molar-refractivity contribution >= 4 is 23.4 Å². The lowest BCUT2D eigenvalue weighted by atomic mass is 10.2. The van der Waals surface area contributed by atoms with Crippen LogP contribution in [0.1, 0.15) is 19.4 Å². The van der Waals surface area contributed by atoms with Gasteiger partial charge < -0.3 is 5.73 Å². The topological polar surface area (TPSA) is 26.0 Å². The van der Waals surface area contributed by atoms with Gasteiger partial charge >= 0.3 is 0 Å². The van der Waals surface area contributed by atoms with E-state index in [9.17, 15) is 0 Å². The van der Waals surface area contributed by atoms with E-state index in [0.717, 1.165) is 5.02 Å². The summed E-state index contributed by atoms with van der Waals surface area (Å²) in [6.07, 6.45) is 0. The Morgan fingerprint density at radius 1 is 1.46 bits per heavy atom. The van der Waals surface area contributed by atoms with Gasteiger partial charge in [-0.3, -0.25) is 0 Å². The minimum Gasteiger partial charge on any atom is -0.326 e. The molecule has 0 unspecified atom stereocenters. The van der Waals surface area contributed by atoms with E-state index in [1.54, 1.807) is 11.8 Å². The summed E-state index contributed by atoms with van der Waals surface area (Å²) >= 11 is 7.70. The lowest BCUT2D eigenvalue weighted by Gasteiger charge is -2.09. The van der Waals surface area contributed by atoms with Crippen molar-refractivity contribution < 1.29 is 0 Å². The van der Waals surface area contributed by atoms with Crippen LogP contribution in [0.4, 0.5) is 0 Å². The third kappa shape index (κ3) is 3.22. The van der Waals surface area contributed by atoms with E-state index >= 15 is 0 Å². The van der Waals surface area contributed by atoms with Crippen molar-refractivity contribution in [3.63, 3.8) is 0 Å². The molecule has 0 saturated carbocycles. The first-order valence-corrected chi connectivity index (χ1v) is 5.54. The zero-order valence-corrected chi connectivity index (χ0v) is 9.45. The maximum absolute atomic E-state index is 5.90. The van der Waals surface area contributed by atoms with Gasteiger partial charge in [0, 0.05) is 21.7 Å². The Morgan fingerprint density at radius 3 is 2.69 bits per heavy atom. The molecular formula is C10H14ClNS. The highest BCUT2D eigenvalue weighted by Crippen LogP contribution is 2.28. The Bertz CT molecular complexity index is 286. The van der Waals surface area contributed by atoms with Gasteiger partial charge in [-0.15, -0.1) is 11.8 Å². The number of hydrogen-bond acceptors (Lipinski definition) is 2. The Labute approximate surface area is 88.7 Å². The van der Waals surface area contributed by atoms with Crippen molar-refractivity contribution in [3.8, 4) is 0 Å². The van der Waals surface area contributed by atoms with Crippen LogP contribution in [-0.2, 0) is 6.54 Å². The molecule has 0 saturated heterocycles. The van der Waals surface area contributed by atoms with Gasteiger partial charge in [-0.25, -0.2) is 0 Å². The summed E-state index contributed by atoms with van der Waals surface area (Å²) in [6.45, 7) is 4.89. The minimum atomic E-state index is 0.559. The molecule has 0 fully saturated rings. The normalized spacial score (nSPS) is 10.8. The molecule has 13 heavy (non-hydrogen) atoms. The maximum Gasteiger partial charge on any atom is 0.0417 e. The second-order valence-corrected chi connectivity index (χ2v) is 5.18. The van der Waals surface area contributed by atoms with Crippen LogP contribution in [0.3, 0.4) is 0 Å². The molecule has 2 N–H and O–H groups in total. The van der Waals surface area contributed by atoms with Gasteiger partial charge in [0.25, 0.3) is 0 Å². The van der Waals surface area contributed by atoms with Crippen molar-refractivity contribution in [1.82, 2.24) is 0 Å². The minimum absolute atomic E-state index is 0.559. The first-order valence-electron chi connectivity index (χ1n) is 4.28. The summed E-state index contributed by atoms with van der Waals surface area (Å²) in [5.41, 5.74) is 6.79. The third-order valence-electron chi connectivity index (χ3n) is 1.61. The van der Waals surface area contributed by atoms with Gasteiger partial charge in [0.2, 0.25) is 0 Å². The van der Waals surface area contributed by atoms with Crippen molar-refractivity contribution in [1.29, 1.82) is 0 Å². The third-order valence-corrected chi connectivity index (χ3v) is 2.95.